The van der Waals surface area contributed by atoms with Gasteiger partial charge in [-0.3, -0.25) is 14.5 Å². The second-order valence-corrected chi connectivity index (χ2v) is 5.34. The van der Waals surface area contributed by atoms with E-state index in [9.17, 15) is 14.4 Å². The zero-order valence-corrected chi connectivity index (χ0v) is 13.6. The van der Waals surface area contributed by atoms with E-state index in [0.29, 0.717) is 28.9 Å². The molecule has 0 unspecified atom stereocenters. The molecule has 3 rings (SSSR count). The lowest BCUT2D eigenvalue weighted by molar-refractivity contribution is 0.0525. The Kier molecular flexibility index (Phi) is 4.62. The Hall–Kier alpha value is -3.39. The number of carbonyl (C=O) groups excluding carboxylic acids is 3. The molecule has 0 aliphatic carbocycles. The van der Waals surface area contributed by atoms with Crippen molar-refractivity contribution in [2.45, 2.75) is 6.92 Å². The summed E-state index contributed by atoms with van der Waals surface area (Å²) in [6, 6.07) is 13.4. The van der Waals surface area contributed by atoms with Crippen molar-refractivity contribution in [2.24, 2.45) is 0 Å². The molecule has 124 valence electrons. The van der Waals surface area contributed by atoms with Crippen LogP contribution in [0.2, 0.25) is 0 Å². The molecule has 0 bridgehead atoms. The first-order valence-electron chi connectivity index (χ1n) is 7.83. The Morgan fingerprint density at radius 2 is 1.60 bits per heavy atom. The molecule has 0 saturated heterocycles. The fourth-order valence-electron chi connectivity index (χ4n) is 2.51. The Morgan fingerprint density at radius 3 is 2.16 bits per heavy atom. The van der Waals surface area contributed by atoms with Gasteiger partial charge in [0, 0.05) is 5.56 Å². The monoisotopic (exact) mass is 333 g/mol. The molecule has 2 aromatic rings. The number of amides is 2. The van der Waals surface area contributed by atoms with Crippen LogP contribution in [0.3, 0.4) is 0 Å². The average molecular weight is 333 g/mol. The highest BCUT2D eigenvalue weighted by Crippen LogP contribution is 2.21. The zero-order chi connectivity index (χ0) is 17.8. The van der Waals surface area contributed by atoms with Gasteiger partial charge in [-0.25, -0.2) is 4.79 Å². The van der Waals surface area contributed by atoms with Crippen molar-refractivity contribution < 1.29 is 19.1 Å². The Balaban J connectivity index is 1.69. The number of esters is 1. The van der Waals surface area contributed by atoms with Gasteiger partial charge in [-0.05, 0) is 43.3 Å². The number of benzene rings is 2. The summed E-state index contributed by atoms with van der Waals surface area (Å²) in [7, 11) is 0. The highest BCUT2D eigenvalue weighted by Gasteiger charge is 2.34. The summed E-state index contributed by atoms with van der Waals surface area (Å²) in [4.78, 5) is 37.1. The number of nitrogens with zero attached hydrogens (tertiary/aromatic N) is 1. The first-order valence-corrected chi connectivity index (χ1v) is 7.83. The van der Waals surface area contributed by atoms with E-state index in [-0.39, 0.29) is 24.3 Å². The molecule has 2 amide bonds. The number of fused-ring (bicyclic) bond motifs is 1. The molecule has 5 nitrogen and oxygen atoms in total. The van der Waals surface area contributed by atoms with E-state index < -0.39 is 0 Å². The largest absolute Gasteiger partial charge is 0.462 e. The lowest BCUT2D eigenvalue weighted by Gasteiger charge is -2.08. The number of carbonyl (C=O) groups is 3. The number of ether oxygens (including phenoxy) is 1. The van der Waals surface area contributed by atoms with Gasteiger partial charge >= 0.3 is 5.97 Å². The van der Waals surface area contributed by atoms with E-state index in [4.69, 9.17) is 4.74 Å². The summed E-state index contributed by atoms with van der Waals surface area (Å²) in [5.41, 5.74) is 1.96. The SMILES string of the molecule is CCOC(=O)c1ccc(C#CCN2C(=O)c3ccccc3C2=O)cc1. The first kappa shape index (κ1) is 16.5. The van der Waals surface area contributed by atoms with Crippen molar-refractivity contribution in [1.29, 1.82) is 0 Å². The summed E-state index contributed by atoms with van der Waals surface area (Å²) in [6.45, 7) is 2.09. The number of hydrogen-bond donors (Lipinski definition) is 0. The molecule has 25 heavy (non-hydrogen) atoms. The van der Waals surface area contributed by atoms with Gasteiger partial charge in [0.2, 0.25) is 0 Å². The molecular weight excluding hydrogens is 318 g/mol. The molecule has 1 aliphatic rings. The van der Waals surface area contributed by atoms with Crippen LogP contribution in [0.1, 0.15) is 43.6 Å². The second kappa shape index (κ2) is 7.02. The van der Waals surface area contributed by atoms with Crippen LogP contribution in [0.25, 0.3) is 0 Å². The van der Waals surface area contributed by atoms with Crippen molar-refractivity contribution in [3.05, 3.63) is 70.8 Å². The van der Waals surface area contributed by atoms with Crippen LogP contribution in [-0.4, -0.2) is 35.8 Å². The van der Waals surface area contributed by atoms with Crippen molar-refractivity contribution in [2.75, 3.05) is 13.2 Å². The fourth-order valence-corrected chi connectivity index (χ4v) is 2.51. The Labute approximate surface area is 145 Å². The van der Waals surface area contributed by atoms with E-state index in [2.05, 4.69) is 11.8 Å². The highest BCUT2D eigenvalue weighted by molar-refractivity contribution is 6.21. The standard InChI is InChI=1S/C20H15NO4/c1-2-25-20(24)15-11-9-14(10-12-15)6-5-13-21-18(22)16-7-3-4-8-17(16)19(21)23/h3-4,7-12H,2,13H2,1H3. The van der Waals surface area contributed by atoms with Gasteiger partial charge in [0.1, 0.15) is 0 Å². The van der Waals surface area contributed by atoms with Gasteiger partial charge in [-0.1, -0.05) is 24.0 Å². The molecule has 0 aromatic heterocycles. The fraction of sp³-hybridized carbons (Fsp3) is 0.150. The van der Waals surface area contributed by atoms with Gasteiger partial charge < -0.3 is 4.74 Å². The Morgan fingerprint density at radius 1 is 1.00 bits per heavy atom. The third-order valence-corrected chi connectivity index (χ3v) is 3.74. The lowest BCUT2D eigenvalue weighted by atomic mass is 10.1. The van der Waals surface area contributed by atoms with Crippen LogP contribution in [0.5, 0.6) is 0 Å². The molecule has 1 heterocycles. The van der Waals surface area contributed by atoms with Gasteiger partial charge in [0.25, 0.3) is 11.8 Å². The van der Waals surface area contributed by atoms with Crippen molar-refractivity contribution in [1.82, 2.24) is 4.90 Å². The van der Waals surface area contributed by atoms with Crippen LogP contribution in [0.15, 0.2) is 48.5 Å². The summed E-state index contributed by atoms with van der Waals surface area (Å²) >= 11 is 0. The second-order valence-electron chi connectivity index (χ2n) is 5.34. The van der Waals surface area contributed by atoms with Gasteiger partial charge in [-0.2, -0.15) is 0 Å². The molecule has 0 saturated carbocycles. The number of hydrogen-bond acceptors (Lipinski definition) is 4. The minimum Gasteiger partial charge on any atom is -0.462 e. The maximum absolute atomic E-state index is 12.2. The molecule has 1 aliphatic heterocycles. The highest BCUT2D eigenvalue weighted by atomic mass is 16.5. The van der Waals surface area contributed by atoms with Crippen molar-refractivity contribution >= 4 is 17.8 Å². The number of rotatable bonds is 3. The summed E-state index contributed by atoms with van der Waals surface area (Å²) in [6.07, 6.45) is 0. The number of imide groups is 1. The van der Waals surface area contributed by atoms with E-state index in [1.54, 1.807) is 55.5 Å². The summed E-state index contributed by atoms with van der Waals surface area (Å²) in [5.74, 6) is 4.69. The van der Waals surface area contributed by atoms with Gasteiger partial charge in [0.15, 0.2) is 0 Å². The molecular formula is C20H15NO4. The Bertz CT molecular complexity index is 868. The molecule has 0 atom stereocenters. The molecule has 0 fully saturated rings. The average Bonchev–Trinajstić information content (AvgIpc) is 2.88. The van der Waals surface area contributed by atoms with Gasteiger partial charge in [0.05, 0.1) is 29.8 Å². The summed E-state index contributed by atoms with van der Waals surface area (Å²) in [5, 5.41) is 0. The van der Waals surface area contributed by atoms with E-state index in [1.165, 1.54) is 0 Å². The molecule has 0 radical (unpaired) electrons. The first-order chi connectivity index (χ1) is 12.1. The topological polar surface area (TPSA) is 63.7 Å². The minimum atomic E-state index is -0.381. The lowest BCUT2D eigenvalue weighted by Crippen LogP contribution is -2.29. The zero-order valence-electron chi connectivity index (χ0n) is 13.6. The van der Waals surface area contributed by atoms with Gasteiger partial charge in [-0.15, -0.1) is 0 Å². The van der Waals surface area contributed by atoms with Crippen LogP contribution >= 0.6 is 0 Å². The predicted molar refractivity (Wildman–Crippen MR) is 91.1 cm³/mol. The molecule has 5 heteroatoms. The van der Waals surface area contributed by atoms with E-state index in [1.807, 2.05) is 0 Å². The quantitative estimate of drug-likeness (QED) is 0.492. The van der Waals surface area contributed by atoms with Crippen LogP contribution in [0.4, 0.5) is 0 Å². The van der Waals surface area contributed by atoms with Crippen LogP contribution in [0, 0.1) is 11.8 Å². The molecule has 2 aromatic carbocycles. The van der Waals surface area contributed by atoms with Crippen LogP contribution in [-0.2, 0) is 4.74 Å². The maximum atomic E-state index is 12.2. The molecule has 0 N–H and O–H groups in total. The maximum Gasteiger partial charge on any atom is 0.338 e. The normalized spacial score (nSPS) is 12.4. The summed E-state index contributed by atoms with van der Waals surface area (Å²) < 4.78 is 4.91. The third-order valence-electron chi connectivity index (χ3n) is 3.74. The smallest absolute Gasteiger partial charge is 0.338 e. The van der Waals surface area contributed by atoms with E-state index >= 15 is 0 Å². The van der Waals surface area contributed by atoms with E-state index in [0.717, 1.165) is 4.90 Å². The molecule has 0 spiro atoms. The minimum absolute atomic E-state index is 0.0198. The van der Waals surface area contributed by atoms with Crippen molar-refractivity contribution in [3.63, 3.8) is 0 Å². The third kappa shape index (κ3) is 3.29. The van der Waals surface area contributed by atoms with Crippen molar-refractivity contribution in [3.8, 4) is 11.8 Å². The van der Waals surface area contributed by atoms with Crippen LogP contribution < -0.4 is 0 Å². The predicted octanol–water partition coefficient (Wildman–Crippen LogP) is 2.51.